The number of nitrogens with zero attached hydrogens (tertiary/aromatic N) is 6. The first-order valence-corrected chi connectivity index (χ1v) is 11.5. The molecule has 0 aliphatic rings. The summed E-state index contributed by atoms with van der Waals surface area (Å²) in [5.74, 6) is 0.972. The molecule has 0 spiro atoms. The van der Waals surface area contributed by atoms with E-state index in [0.717, 1.165) is 17.2 Å². The van der Waals surface area contributed by atoms with Gasteiger partial charge < -0.3 is 10.4 Å². The van der Waals surface area contributed by atoms with Gasteiger partial charge in [-0.25, -0.2) is 4.98 Å². The predicted octanol–water partition coefficient (Wildman–Crippen LogP) is 5.36. The van der Waals surface area contributed by atoms with Crippen LogP contribution in [0.1, 0.15) is 5.56 Å². The first kappa shape index (κ1) is 23.2. The Hall–Kier alpha value is -4.22. The molecule has 6 rings (SSSR count). The van der Waals surface area contributed by atoms with Crippen molar-refractivity contribution in [1.82, 2.24) is 29.1 Å². The summed E-state index contributed by atoms with van der Waals surface area (Å²) in [5, 5.41) is 20.4. The standard InChI is InChI=1S/C25H17ClF3N7O/c26-19-4-3-16(10-18(19)25(27,28)29)36-23-17-9-14(15-2-6-22(32-11-15)30-7-8-37)1-5-20(17)31-12-21(23)35-13-33-34-24(35)36/h1-6,9-13,37H,7-8H2,(H,30,32). The second kappa shape index (κ2) is 8.71. The lowest BCUT2D eigenvalue weighted by molar-refractivity contribution is -0.137. The number of aliphatic hydroxyl groups is 1. The van der Waals surface area contributed by atoms with Gasteiger partial charge in [0.2, 0.25) is 5.78 Å². The average molecular weight is 524 g/mol. The zero-order valence-corrected chi connectivity index (χ0v) is 19.7. The molecule has 0 amide bonds. The van der Waals surface area contributed by atoms with E-state index in [1.54, 1.807) is 21.4 Å². The van der Waals surface area contributed by atoms with E-state index in [2.05, 4.69) is 25.5 Å². The number of halogens is 4. The molecular formula is C25H17ClF3N7O. The minimum absolute atomic E-state index is 0.00613. The molecule has 0 aliphatic heterocycles. The van der Waals surface area contributed by atoms with E-state index in [1.807, 2.05) is 30.3 Å². The number of hydrogen-bond donors (Lipinski definition) is 2. The van der Waals surface area contributed by atoms with Gasteiger partial charge in [-0.15, -0.1) is 10.2 Å². The molecule has 0 saturated carbocycles. The monoisotopic (exact) mass is 523 g/mol. The summed E-state index contributed by atoms with van der Waals surface area (Å²) in [6.07, 6.45) is 0.225. The minimum Gasteiger partial charge on any atom is -0.395 e. The molecule has 0 bridgehead atoms. The number of rotatable bonds is 5. The Morgan fingerprint density at radius 1 is 0.973 bits per heavy atom. The van der Waals surface area contributed by atoms with Gasteiger partial charge in [0.15, 0.2) is 0 Å². The topological polar surface area (TPSA) is 93.2 Å². The van der Waals surface area contributed by atoms with Gasteiger partial charge in [-0.3, -0.25) is 14.0 Å². The molecule has 0 atom stereocenters. The Kier molecular flexibility index (Phi) is 5.46. The van der Waals surface area contributed by atoms with Gasteiger partial charge in [-0.1, -0.05) is 17.7 Å². The van der Waals surface area contributed by atoms with Crippen molar-refractivity contribution in [3.63, 3.8) is 0 Å². The van der Waals surface area contributed by atoms with Gasteiger partial charge in [0, 0.05) is 29.4 Å². The fraction of sp³-hybridized carbons (Fsp3) is 0.120. The predicted molar refractivity (Wildman–Crippen MR) is 134 cm³/mol. The van der Waals surface area contributed by atoms with Crippen LogP contribution in [0, 0.1) is 0 Å². The van der Waals surface area contributed by atoms with Crippen molar-refractivity contribution in [1.29, 1.82) is 0 Å². The van der Waals surface area contributed by atoms with Gasteiger partial charge in [-0.2, -0.15) is 13.2 Å². The maximum Gasteiger partial charge on any atom is 0.417 e. The van der Waals surface area contributed by atoms with Crippen molar-refractivity contribution >= 4 is 45.1 Å². The molecule has 0 radical (unpaired) electrons. The van der Waals surface area contributed by atoms with Crippen LogP contribution in [0.5, 0.6) is 0 Å². The Labute approximate surface area is 212 Å². The fourth-order valence-electron chi connectivity index (χ4n) is 4.38. The van der Waals surface area contributed by atoms with Crippen LogP contribution in [0.2, 0.25) is 5.02 Å². The highest BCUT2D eigenvalue weighted by Crippen LogP contribution is 2.38. The molecule has 0 fully saturated rings. The van der Waals surface area contributed by atoms with Gasteiger partial charge >= 0.3 is 6.18 Å². The number of anilines is 1. The largest absolute Gasteiger partial charge is 0.417 e. The van der Waals surface area contributed by atoms with E-state index in [9.17, 15) is 13.2 Å². The maximum atomic E-state index is 13.7. The summed E-state index contributed by atoms with van der Waals surface area (Å²) in [6.45, 7) is 0.383. The van der Waals surface area contributed by atoms with Crippen LogP contribution in [-0.2, 0) is 6.18 Å². The molecule has 0 aliphatic carbocycles. The summed E-state index contributed by atoms with van der Waals surface area (Å²) in [5.41, 5.74) is 2.90. The maximum absolute atomic E-state index is 13.7. The molecule has 4 heterocycles. The minimum atomic E-state index is -4.62. The van der Waals surface area contributed by atoms with E-state index in [4.69, 9.17) is 16.7 Å². The fourth-order valence-corrected chi connectivity index (χ4v) is 4.60. The summed E-state index contributed by atoms with van der Waals surface area (Å²) >= 11 is 5.89. The number of aliphatic hydroxyl groups excluding tert-OH is 1. The molecule has 186 valence electrons. The number of pyridine rings is 2. The number of benzene rings is 2. The van der Waals surface area contributed by atoms with Gasteiger partial charge in [0.05, 0.1) is 39.9 Å². The van der Waals surface area contributed by atoms with Crippen molar-refractivity contribution in [3.8, 4) is 16.8 Å². The molecular weight excluding hydrogens is 507 g/mol. The SMILES string of the molecule is OCCNc1ccc(-c2ccc3ncc4c(c3c2)n(-c2ccc(Cl)c(C(F)(F)F)c2)c2nncn42)cn1. The van der Waals surface area contributed by atoms with Gasteiger partial charge in [0.25, 0.3) is 0 Å². The van der Waals surface area contributed by atoms with E-state index >= 15 is 0 Å². The quantitative estimate of drug-likeness (QED) is 0.316. The van der Waals surface area contributed by atoms with Crippen LogP contribution < -0.4 is 5.32 Å². The highest BCUT2D eigenvalue weighted by Gasteiger charge is 2.34. The zero-order valence-electron chi connectivity index (χ0n) is 18.9. The first-order chi connectivity index (χ1) is 17.8. The number of imidazole rings is 1. The smallest absolute Gasteiger partial charge is 0.395 e. The molecule has 2 N–H and O–H groups in total. The first-order valence-electron chi connectivity index (χ1n) is 11.2. The second-order valence-electron chi connectivity index (χ2n) is 8.30. The van der Waals surface area contributed by atoms with E-state index in [-0.39, 0.29) is 17.3 Å². The zero-order chi connectivity index (χ0) is 25.7. The lowest BCUT2D eigenvalue weighted by Crippen LogP contribution is -2.07. The lowest BCUT2D eigenvalue weighted by atomic mass is 10.0. The number of hydrogen-bond acceptors (Lipinski definition) is 6. The Bertz CT molecular complexity index is 1780. The number of alkyl halides is 3. The number of aromatic nitrogens is 6. The van der Waals surface area contributed by atoms with Crippen LogP contribution in [0.25, 0.3) is 44.5 Å². The van der Waals surface area contributed by atoms with Crippen LogP contribution in [0.4, 0.5) is 19.0 Å². The Balaban J connectivity index is 1.59. The molecule has 12 heteroatoms. The summed E-state index contributed by atoms with van der Waals surface area (Å²) < 4.78 is 44.3. The van der Waals surface area contributed by atoms with Crippen molar-refractivity contribution in [2.24, 2.45) is 0 Å². The summed E-state index contributed by atoms with van der Waals surface area (Å²) in [7, 11) is 0. The van der Waals surface area contributed by atoms with Crippen LogP contribution in [0.3, 0.4) is 0 Å². The molecule has 2 aromatic carbocycles. The third kappa shape index (κ3) is 3.92. The lowest BCUT2D eigenvalue weighted by Gasteiger charge is -2.13. The van der Waals surface area contributed by atoms with E-state index < -0.39 is 11.7 Å². The van der Waals surface area contributed by atoms with Gasteiger partial charge in [-0.05, 0) is 48.0 Å². The second-order valence-corrected chi connectivity index (χ2v) is 8.71. The van der Waals surface area contributed by atoms with Crippen LogP contribution in [0.15, 0.2) is 67.3 Å². The van der Waals surface area contributed by atoms with Crippen LogP contribution >= 0.6 is 11.6 Å². The van der Waals surface area contributed by atoms with Crippen LogP contribution in [-0.4, -0.2) is 47.4 Å². The highest BCUT2D eigenvalue weighted by atomic mass is 35.5. The normalized spacial score (nSPS) is 12.1. The van der Waals surface area contributed by atoms with E-state index in [1.165, 1.54) is 18.5 Å². The average Bonchev–Trinajstić information content (AvgIpc) is 3.48. The molecule has 6 aromatic rings. The van der Waals surface area contributed by atoms with Crippen molar-refractivity contribution in [2.75, 3.05) is 18.5 Å². The third-order valence-electron chi connectivity index (χ3n) is 6.06. The third-order valence-corrected chi connectivity index (χ3v) is 6.39. The Morgan fingerprint density at radius 3 is 2.57 bits per heavy atom. The molecule has 37 heavy (non-hydrogen) atoms. The summed E-state index contributed by atoms with van der Waals surface area (Å²) in [6, 6.07) is 13.1. The number of fused-ring (bicyclic) bond motifs is 5. The van der Waals surface area contributed by atoms with Crippen molar-refractivity contribution in [3.05, 3.63) is 77.8 Å². The number of nitrogens with one attached hydrogen (secondary N) is 1. The highest BCUT2D eigenvalue weighted by molar-refractivity contribution is 6.31. The molecule has 0 unspecified atom stereocenters. The molecule has 4 aromatic heterocycles. The molecule has 0 saturated heterocycles. The molecule has 8 nitrogen and oxygen atoms in total. The summed E-state index contributed by atoms with van der Waals surface area (Å²) in [4.78, 5) is 8.94. The Morgan fingerprint density at radius 2 is 1.81 bits per heavy atom. The van der Waals surface area contributed by atoms with Crippen molar-refractivity contribution < 1.29 is 18.3 Å². The van der Waals surface area contributed by atoms with Crippen molar-refractivity contribution in [2.45, 2.75) is 6.18 Å². The van der Waals surface area contributed by atoms with E-state index in [0.29, 0.717) is 40.1 Å². The van der Waals surface area contributed by atoms with Gasteiger partial charge in [0.1, 0.15) is 12.1 Å².